The third kappa shape index (κ3) is 2.22. The van der Waals surface area contributed by atoms with E-state index in [9.17, 15) is 14.4 Å². The summed E-state index contributed by atoms with van der Waals surface area (Å²) in [7, 11) is 0. The predicted molar refractivity (Wildman–Crippen MR) is 63.9 cm³/mol. The third-order valence-electron chi connectivity index (χ3n) is 2.40. The van der Waals surface area contributed by atoms with Gasteiger partial charge >= 0.3 is 17.1 Å². The Morgan fingerprint density at radius 2 is 1.72 bits per heavy atom. The number of carboxylic acid groups (broad SMARTS) is 1. The maximum absolute atomic E-state index is 11.8. The minimum atomic E-state index is -1.17. The second kappa shape index (κ2) is 4.70. The minimum Gasteiger partial charge on any atom is -0.480 e. The van der Waals surface area contributed by atoms with E-state index >= 15 is 0 Å². The summed E-state index contributed by atoms with van der Waals surface area (Å²) >= 11 is 0. The third-order valence-corrected chi connectivity index (χ3v) is 2.40. The van der Waals surface area contributed by atoms with Crippen molar-refractivity contribution in [2.45, 2.75) is 6.54 Å². The Morgan fingerprint density at radius 1 is 1.06 bits per heavy atom. The maximum atomic E-state index is 11.8. The van der Waals surface area contributed by atoms with Crippen LogP contribution in [0.4, 0.5) is 0 Å². The molecule has 1 aromatic carbocycles. The van der Waals surface area contributed by atoms with Crippen molar-refractivity contribution in [3.63, 3.8) is 0 Å². The Kier molecular flexibility index (Phi) is 3.09. The van der Waals surface area contributed by atoms with Gasteiger partial charge in [-0.3, -0.25) is 23.5 Å². The van der Waals surface area contributed by atoms with Crippen LogP contribution in [0.1, 0.15) is 0 Å². The first-order valence-corrected chi connectivity index (χ1v) is 5.19. The minimum absolute atomic E-state index is 0.524. The zero-order chi connectivity index (χ0) is 13.1. The van der Waals surface area contributed by atoms with E-state index in [4.69, 9.17) is 5.11 Å². The molecule has 18 heavy (non-hydrogen) atoms. The van der Waals surface area contributed by atoms with Crippen LogP contribution in [0.3, 0.4) is 0 Å². The summed E-state index contributed by atoms with van der Waals surface area (Å²) in [5, 5.41) is 8.60. The van der Waals surface area contributed by atoms with E-state index in [1.165, 1.54) is 17.0 Å². The Hall–Kier alpha value is -2.63. The number of hydrogen-bond acceptors (Lipinski definition) is 3. The number of aromatic nitrogens is 2. The van der Waals surface area contributed by atoms with E-state index in [1.54, 1.807) is 30.3 Å². The first kappa shape index (κ1) is 11.8. The molecule has 1 heterocycles. The lowest BCUT2D eigenvalue weighted by Crippen LogP contribution is -2.40. The molecule has 2 aromatic rings. The number of carboxylic acids is 1. The molecule has 0 radical (unpaired) electrons. The molecule has 0 spiro atoms. The lowest BCUT2D eigenvalue weighted by Gasteiger charge is -2.06. The van der Waals surface area contributed by atoms with Gasteiger partial charge in [0.2, 0.25) is 0 Å². The number of aliphatic carboxylic acids is 1. The van der Waals surface area contributed by atoms with Crippen LogP contribution in [0.2, 0.25) is 0 Å². The second-order valence-electron chi connectivity index (χ2n) is 3.64. The van der Waals surface area contributed by atoms with E-state index in [-0.39, 0.29) is 0 Å². The van der Waals surface area contributed by atoms with Gasteiger partial charge in [-0.25, -0.2) is 0 Å². The second-order valence-corrected chi connectivity index (χ2v) is 3.64. The van der Waals surface area contributed by atoms with Crippen molar-refractivity contribution in [3.8, 4) is 5.69 Å². The highest BCUT2D eigenvalue weighted by Gasteiger charge is 2.08. The molecular formula is C12H10N2O4. The molecule has 6 heteroatoms. The summed E-state index contributed by atoms with van der Waals surface area (Å²) in [6.45, 7) is -0.524. The fourth-order valence-electron chi connectivity index (χ4n) is 1.57. The summed E-state index contributed by atoms with van der Waals surface area (Å²) in [5.74, 6) is -1.17. The summed E-state index contributed by atoms with van der Waals surface area (Å²) in [6.07, 6.45) is 2.66. The number of nitrogens with zero attached hydrogens (tertiary/aromatic N) is 2. The lowest BCUT2D eigenvalue weighted by molar-refractivity contribution is -0.137. The molecule has 92 valence electrons. The molecule has 6 nitrogen and oxygen atoms in total. The fraction of sp³-hybridized carbons (Fsp3) is 0.0833. The summed E-state index contributed by atoms with van der Waals surface area (Å²) in [5.41, 5.74) is -1.07. The van der Waals surface area contributed by atoms with Crippen molar-refractivity contribution in [2.24, 2.45) is 0 Å². The number of para-hydroxylation sites is 1. The van der Waals surface area contributed by atoms with Crippen LogP contribution < -0.4 is 11.1 Å². The predicted octanol–water partition coefficient (Wildman–Crippen LogP) is 0.0838. The van der Waals surface area contributed by atoms with Crippen molar-refractivity contribution in [1.82, 2.24) is 9.13 Å². The van der Waals surface area contributed by atoms with Gasteiger partial charge in [0.05, 0.1) is 0 Å². The van der Waals surface area contributed by atoms with Gasteiger partial charge in [-0.05, 0) is 12.1 Å². The van der Waals surface area contributed by atoms with Crippen LogP contribution in [-0.4, -0.2) is 20.2 Å². The van der Waals surface area contributed by atoms with Gasteiger partial charge in [-0.1, -0.05) is 18.2 Å². The number of hydrogen-bond donors (Lipinski definition) is 1. The SMILES string of the molecule is O=C(O)Cn1ccn(-c2ccccc2)c(=O)c1=O. The summed E-state index contributed by atoms with van der Waals surface area (Å²) in [4.78, 5) is 34.0. The molecule has 0 saturated carbocycles. The van der Waals surface area contributed by atoms with Gasteiger partial charge in [0.25, 0.3) is 0 Å². The van der Waals surface area contributed by atoms with E-state index in [0.717, 1.165) is 4.57 Å². The van der Waals surface area contributed by atoms with Crippen LogP contribution >= 0.6 is 0 Å². The van der Waals surface area contributed by atoms with Crippen molar-refractivity contribution in [1.29, 1.82) is 0 Å². The standard InChI is InChI=1S/C12H10N2O4/c15-10(16)8-13-6-7-14(12(18)11(13)17)9-4-2-1-3-5-9/h1-7H,8H2,(H,15,16). The first-order valence-electron chi connectivity index (χ1n) is 5.19. The van der Waals surface area contributed by atoms with E-state index in [2.05, 4.69) is 0 Å². The van der Waals surface area contributed by atoms with Crippen molar-refractivity contribution in [3.05, 3.63) is 63.4 Å². The summed E-state index contributed by atoms with van der Waals surface area (Å²) in [6, 6.07) is 8.64. The monoisotopic (exact) mass is 246 g/mol. The van der Waals surface area contributed by atoms with Gasteiger partial charge < -0.3 is 5.11 Å². The molecule has 0 saturated heterocycles. The van der Waals surface area contributed by atoms with Crippen LogP contribution in [0.15, 0.2) is 52.3 Å². The van der Waals surface area contributed by atoms with Crippen molar-refractivity contribution < 1.29 is 9.90 Å². The normalized spacial score (nSPS) is 10.2. The van der Waals surface area contributed by atoms with Gasteiger partial charge in [-0.2, -0.15) is 0 Å². The number of carbonyl (C=O) groups is 1. The molecule has 0 amide bonds. The first-order chi connectivity index (χ1) is 8.59. The van der Waals surface area contributed by atoms with E-state index < -0.39 is 23.6 Å². The van der Waals surface area contributed by atoms with Crippen molar-refractivity contribution in [2.75, 3.05) is 0 Å². The molecule has 0 aliphatic carbocycles. The van der Waals surface area contributed by atoms with Crippen LogP contribution in [0, 0.1) is 0 Å². The average Bonchev–Trinajstić information content (AvgIpc) is 2.36. The van der Waals surface area contributed by atoms with Gasteiger partial charge in [0.15, 0.2) is 0 Å². The van der Waals surface area contributed by atoms with Crippen LogP contribution in [0.25, 0.3) is 5.69 Å². The van der Waals surface area contributed by atoms with Crippen LogP contribution in [0.5, 0.6) is 0 Å². The number of benzene rings is 1. The smallest absolute Gasteiger partial charge is 0.323 e. The van der Waals surface area contributed by atoms with Gasteiger partial charge in [0, 0.05) is 18.1 Å². The molecule has 0 aliphatic heterocycles. The molecule has 1 N–H and O–H groups in total. The molecule has 0 aliphatic rings. The average molecular weight is 246 g/mol. The molecule has 2 rings (SSSR count). The Morgan fingerprint density at radius 3 is 2.33 bits per heavy atom. The number of rotatable bonds is 3. The van der Waals surface area contributed by atoms with E-state index in [0.29, 0.717) is 5.69 Å². The molecular weight excluding hydrogens is 236 g/mol. The summed E-state index contributed by atoms with van der Waals surface area (Å²) < 4.78 is 2.05. The Labute approximate surface area is 101 Å². The fourth-order valence-corrected chi connectivity index (χ4v) is 1.57. The Balaban J connectivity index is 2.55. The zero-order valence-electron chi connectivity index (χ0n) is 9.31. The largest absolute Gasteiger partial charge is 0.480 e. The Bertz CT molecular complexity index is 685. The molecule has 0 atom stereocenters. The quantitative estimate of drug-likeness (QED) is 0.778. The topological polar surface area (TPSA) is 81.3 Å². The van der Waals surface area contributed by atoms with Gasteiger partial charge in [0.1, 0.15) is 6.54 Å². The highest BCUT2D eigenvalue weighted by molar-refractivity contribution is 5.66. The van der Waals surface area contributed by atoms with Gasteiger partial charge in [-0.15, -0.1) is 0 Å². The molecule has 0 unspecified atom stereocenters. The highest BCUT2D eigenvalue weighted by atomic mass is 16.4. The maximum Gasteiger partial charge on any atom is 0.323 e. The highest BCUT2D eigenvalue weighted by Crippen LogP contribution is 2.01. The zero-order valence-corrected chi connectivity index (χ0v) is 9.31. The van der Waals surface area contributed by atoms with Crippen molar-refractivity contribution >= 4 is 5.97 Å². The molecule has 1 aromatic heterocycles. The van der Waals surface area contributed by atoms with Crippen LogP contribution in [-0.2, 0) is 11.3 Å². The van der Waals surface area contributed by atoms with E-state index in [1.807, 2.05) is 0 Å². The molecule has 0 fully saturated rings. The molecule has 0 bridgehead atoms. The lowest BCUT2D eigenvalue weighted by atomic mass is 10.3.